The minimum Gasteiger partial charge on any atom is -0.503 e. The number of carbonyl (C=O) groups excluding carboxylic acids is 2. The van der Waals surface area contributed by atoms with Crippen LogP contribution in [0.5, 0.6) is 17.2 Å². The number of ketones is 1. The highest BCUT2D eigenvalue weighted by Gasteiger charge is 2.45. The molecule has 0 bridgehead atoms. The molecule has 9 nitrogen and oxygen atoms in total. The molecule has 0 saturated carbocycles. The quantitative estimate of drug-likeness (QED) is 0.192. The smallest absolute Gasteiger partial charge is 0.290 e. The molecule has 1 aliphatic heterocycles. The molecule has 5 rings (SSSR count). The fraction of sp³-hybridized carbons (Fsp3) is 0.312. The second-order valence-electron chi connectivity index (χ2n) is 10.2. The van der Waals surface area contributed by atoms with Crippen LogP contribution in [0, 0.1) is 5.92 Å². The summed E-state index contributed by atoms with van der Waals surface area (Å²) in [6.45, 7) is 7.04. The number of Topliss-reactive ketones (excluding diaryl/α,β-unsaturated/α-hetero) is 1. The Balaban J connectivity index is 1.57. The van der Waals surface area contributed by atoms with E-state index >= 15 is 0 Å². The first kappa shape index (κ1) is 27.9. The third-order valence-electron chi connectivity index (χ3n) is 6.94. The standard InChI is InChI=1S/C32H33NO8/c1-5-38-25-16-20(11-12-23(25)40-15-13-19(2)3)28-27(30(35)32(36)33(28)18-22-9-7-14-39-22)29(34)26-17-21-8-6-10-24(37-4)31(21)41-26/h6-12,14,16-17,19,28,35H,5,13,15,18H2,1-4H3. The van der Waals surface area contributed by atoms with Crippen molar-refractivity contribution in [2.75, 3.05) is 20.3 Å². The van der Waals surface area contributed by atoms with E-state index in [-0.39, 0.29) is 17.9 Å². The van der Waals surface area contributed by atoms with Crippen LogP contribution in [0.4, 0.5) is 0 Å². The predicted octanol–water partition coefficient (Wildman–Crippen LogP) is 6.64. The molecule has 0 fully saturated rings. The van der Waals surface area contributed by atoms with Crippen LogP contribution < -0.4 is 14.2 Å². The summed E-state index contributed by atoms with van der Waals surface area (Å²) in [7, 11) is 1.51. The second kappa shape index (κ2) is 11.8. The molecule has 0 spiro atoms. The van der Waals surface area contributed by atoms with Crippen molar-refractivity contribution in [1.82, 2.24) is 4.90 Å². The number of amides is 1. The van der Waals surface area contributed by atoms with E-state index in [1.165, 1.54) is 18.3 Å². The minimum atomic E-state index is -0.945. The molecule has 0 aliphatic carbocycles. The number of methoxy groups -OCH3 is 1. The Morgan fingerprint density at radius 3 is 2.59 bits per heavy atom. The maximum absolute atomic E-state index is 14.0. The average molecular weight is 560 g/mol. The van der Waals surface area contributed by atoms with E-state index in [0.717, 1.165) is 6.42 Å². The number of fused-ring (bicyclic) bond motifs is 1. The molecule has 214 valence electrons. The molecule has 1 aliphatic rings. The molecule has 9 heteroatoms. The zero-order valence-electron chi connectivity index (χ0n) is 23.5. The number of para-hydroxylation sites is 1. The number of rotatable bonds is 12. The summed E-state index contributed by atoms with van der Waals surface area (Å²) >= 11 is 0. The van der Waals surface area contributed by atoms with Crippen LogP contribution in [-0.4, -0.2) is 42.0 Å². The predicted molar refractivity (Wildman–Crippen MR) is 151 cm³/mol. The molecule has 41 heavy (non-hydrogen) atoms. The fourth-order valence-corrected chi connectivity index (χ4v) is 4.89. The van der Waals surface area contributed by atoms with E-state index in [2.05, 4.69) is 13.8 Å². The maximum Gasteiger partial charge on any atom is 0.290 e. The van der Waals surface area contributed by atoms with Crippen molar-refractivity contribution >= 4 is 22.7 Å². The number of ether oxygens (including phenoxy) is 3. The minimum absolute atomic E-state index is 0.0256. The van der Waals surface area contributed by atoms with E-state index in [0.29, 0.717) is 58.7 Å². The SMILES string of the molecule is CCOc1cc(C2C(C(=O)c3cc4cccc(OC)c4o3)=C(O)C(=O)N2Cc2ccco2)ccc1OCCC(C)C. The third kappa shape index (κ3) is 5.52. The molecule has 1 amide bonds. The average Bonchev–Trinajstić information content (AvgIpc) is 3.69. The van der Waals surface area contributed by atoms with Gasteiger partial charge in [-0.1, -0.05) is 32.0 Å². The van der Waals surface area contributed by atoms with Crippen LogP contribution in [0.2, 0.25) is 0 Å². The number of aliphatic hydroxyl groups excluding tert-OH is 1. The van der Waals surface area contributed by atoms with Crippen LogP contribution in [0.25, 0.3) is 11.0 Å². The molecule has 0 radical (unpaired) electrons. The summed E-state index contributed by atoms with van der Waals surface area (Å²) in [6.07, 6.45) is 2.38. The van der Waals surface area contributed by atoms with Crippen molar-refractivity contribution in [1.29, 1.82) is 0 Å². The number of nitrogens with zero attached hydrogens (tertiary/aromatic N) is 1. The summed E-state index contributed by atoms with van der Waals surface area (Å²) in [4.78, 5) is 28.8. The normalized spacial score (nSPS) is 15.3. The Morgan fingerprint density at radius 1 is 1.05 bits per heavy atom. The first-order valence-corrected chi connectivity index (χ1v) is 13.6. The van der Waals surface area contributed by atoms with E-state index in [4.69, 9.17) is 23.0 Å². The highest BCUT2D eigenvalue weighted by atomic mass is 16.5. The molecular weight excluding hydrogens is 526 g/mol. The van der Waals surface area contributed by atoms with Gasteiger partial charge >= 0.3 is 0 Å². The van der Waals surface area contributed by atoms with Gasteiger partial charge < -0.3 is 33.1 Å². The number of furan rings is 2. The molecule has 0 saturated heterocycles. The number of aliphatic hydroxyl groups is 1. The summed E-state index contributed by atoms with van der Waals surface area (Å²) in [5.41, 5.74) is 0.856. The van der Waals surface area contributed by atoms with Crippen molar-refractivity contribution < 1.29 is 37.7 Å². The summed E-state index contributed by atoms with van der Waals surface area (Å²) in [5, 5.41) is 11.8. The molecule has 3 heterocycles. The Hall–Kier alpha value is -4.66. The molecule has 1 unspecified atom stereocenters. The topological polar surface area (TPSA) is 112 Å². The van der Waals surface area contributed by atoms with Crippen molar-refractivity contribution in [2.45, 2.75) is 39.8 Å². The fourth-order valence-electron chi connectivity index (χ4n) is 4.89. The Morgan fingerprint density at radius 2 is 1.88 bits per heavy atom. The van der Waals surface area contributed by atoms with E-state index in [1.54, 1.807) is 54.6 Å². The van der Waals surface area contributed by atoms with Gasteiger partial charge in [0.15, 0.2) is 34.4 Å². The molecule has 2 aromatic carbocycles. The summed E-state index contributed by atoms with van der Waals surface area (Å²) < 4.78 is 28.7. The van der Waals surface area contributed by atoms with E-state index in [1.807, 2.05) is 6.92 Å². The van der Waals surface area contributed by atoms with Crippen molar-refractivity contribution in [3.63, 3.8) is 0 Å². The van der Waals surface area contributed by atoms with Gasteiger partial charge in [0.05, 0.1) is 44.7 Å². The Labute approximate surface area is 237 Å². The number of hydrogen-bond acceptors (Lipinski definition) is 8. The molecule has 1 atom stereocenters. The number of hydrogen-bond donors (Lipinski definition) is 1. The van der Waals surface area contributed by atoms with Gasteiger partial charge in [-0.05, 0) is 61.2 Å². The lowest BCUT2D eigenvalue weighted by Gasteiger charge is -2.26. The highest BCUT2D eigenvalue weighted by Crippen LogP contribution is 2.43. The Bertz CT molecular complexity index is 1580. The zero-order valence-corrected chi connectivity index (χ0v) is 23.5. The third-order valence-corrected chi connectivity index (χ3v) is 6.94. The van der Waals surface area contributed by atoms with Crippen LogP contribution in [0.3, 0.4) is 0 Å². The number of benzene rings is 2. The number of carbonyl (C=O) groups is 2. The van der Waals surface area contributed by atoms with Gasteiger partial charge in [0.2, 0.25) is 5.78 Å². The lowest BCUT2D eigenvalue weighted by molar-refractivity contribution is -0.130. The lowest BCUT2D eigenvalue weighted by Crippen LogP contribution is -2.30. The van der Waals surface area contributed by atoms with E-state index in [9.17, 15) is 14.7 Å². The van der Waals surface area contributed by atoms with Gasteiger partial charge in [0.1, 0.15) is 5.76 Å². The molecular formula is C32H33NO8. The van der Waals surface area contributed by atoms with Gasteiger partial charge in [-0.3, -0.25) is 9.59 Å². The summed E-state index contributed by atoms with van der Waals surface area (Å²) in [6, 6.07) is 14.7. The van der Waals surface area contributed by atoms with Crippen LogP contribution in [-0.2, 0) is 11.3 Å². The van der Waals surface area contributed by atoms with Gasteiger partial charge in [0.25, 0.3) is 5.91 Å². The molecule has 1 N–H and O–H groups in total. The van der Waals surface area contributed by atoms with Crippen molar-refractivity contribution in [2.24, 2.45) is 5.92 Å². The van der Waals surface area contributed by atoms with Crippen molar-refractivity contribution in [3.05, 3.63) is 89.3 Å². The maximum atomic E-state index is 14.0. The molecule has 2 aromatic heterocycles. The largest absolute Gasteiger partial charge is 0.503 e. The highest BCUT2D eigenvalue weighted by molar-refractivity contribution is 6.16. The lowest BCUT2D eigenvalue weighted by atomic mass is 9.94. The first-order chi connectivity index (χ1) is 19.8. The van der Waals surface area contributed by atoms with Gasteiger partial charge in [0, 0.05) is 5.39 Å². The van der Waals surface area contributed by atoms with Gasteiger partial charge in [-0.15, -0.1) is 0 Å². The summed E-state index contributed by atoms with van der Waals surface area (Å²) in [5.74, 6) is 0.495. The van der Waals surface area contributed by atoms with Crippen LogP contribution in [0.15, 0.2) is 81.0 Å². The molecule has 4 aromatic rings. The van der Waals surface area contributed by atoms with Crippen molar-refractivity contribution in [3.8, 4) is 17.2 Å². The second-order valence-corrected chi connectivity index (χ2v) is 10.2. The first-order valence-electron chi connectivity index (χ1n) is 13.6. The van der Waals surface area contributed by atoms with Gasteiger partial charge in [-0.2, -0.15) is 0 Å². The van der Waals surface area contributed by atoms with Gasteiger partial charge in [-0.25, -0.2) is 0 Å². The van der Waals surface area contributed by atoms with E-state index < -0.39 is 23.5 Å². The zero-order chi connectivity index (χ0) is 29.1. The Kier molecular flexibility index (Phi) is 8.05. The van der Waals surface area contributed by atoms with Crippen LogP contribution in [0.1, 0.15) is 55.1 Å². The monoisotopic (exact) mass is 559 g/mol. The van der Waals surface area contributed by atoms with Crippen LogP contribution >= 0.6 is 0 Å².